The number of aromatic nitrogens is 1. The van der Waals surface area contributed by atoms with E-state index < -0.39 is 6.04 Å². The molecule has 1 fully saturated rings. The number of likely N-dealkylation sites (tertiary alicyclic amines) is 1. The van der Waals surface area contributed by atoms with Crippen LogP contribution in [0.1, 0.15) is 53.3 Å². The van der Waals surface area contributed by atoms with Crippen molar-refractivity contribution in [1.29, 1.82) is 0 Å². The van der Waals surface area contributed by atoms with E-state index in [-0.39, 0.29) is 24.1 Å². The van der Waals surface area contributed by atoms with Gasteiger partial charge in [-0.25, -0.2) is 0 Å². The Kier molecular flexibility index (Phi) is 5.79. The maximum Gasteiger partial charge on any atom is 0.260 e. The number of nitrogens with zero attached hydrogens (tertiary/aromatic N) is 3. The van der Waals surface area contributed by atoms with Crippen molar-refractivity contribution in [3.05, 3.63) is 59.4 Å². The molecule has 2 aliphatic rings. The van der Waals surface area contributed by atoms with Gasteiger partial charge in [0, 0.05) is 37.9 Å². The number of rotatable bonds is 7. The van der Waals surface area contributed by atoms with Crippen LogP contribution in [0.25, 0.3) is 0 Å². The van der Waals surface area contributed by atoms with Crippen LogP contribution in [0.4, 0.5) is 5.69 Å². The molecular formula is C23H26N4O3. The van der Waals surface area contributed by atoms with E-state index >= 15 is 0 Å². The van der Waals surface area contributed by atoms with Gasteiger partial charge in [-0.1, -0.05) is 12.1 Å². The van der Waals surface area contributed by atoms with Crippen LogP contribution in [0.5, 0.6) is 0 Å². The van der Waals surface area contributed by atoms with Crippen molar-refractivity contribution in [2.45, 2.75) is 38.6 Å². The van der Waals surface area contributed by atoms with Crippen LogP contribution in [-0.2, 0) is 9.59 Å². The molecule has 0 unspecified atom stereocenters. The van der Waals surface area contributed by atoms with Gasteiger partial charge in [0.2, 0.25) is 11.8 Å². The molecule has 1 N–H and O–H groups in total. The highest BCUT2D eigenvalue weighted by atomic mass is 16.2. The Bertz CT molecular complexity index is 974. The summed E-state index contributed by atoms with van der Waals surface area (Å²) in [5.74, 6) is -0.0620. The molecule has 1 aromatic heterocycles. The van der Waals surface area contributed by atoms with Gasteiger partial charge in [-0.2, -0.15) is 0 Å². The predicted octanol–water partition coefficient (Wildman–Crippen LogP) is 2.61. The Morgan fingerprint density at radius 2 is 2.10 bits per heavy atom. The first kappa shape index (κ1) is 20.1. The van der Waals surface area contributed by atoms with E-state index in [2.05, 4.69) is 10.3 Å². The van der Waals surface area contributed by atoms with Gasteiger partial charge in [0.05, 0.1) is 23.7 Å². The number of hydrogen-bond donors (Lipinski definition) is 1. The maximum absolute atomic E-state index is 13.1. The van der Waals surface area contributed by atoms with Gasteiger partial charge < -0.3 is 10.2 Å². The Hall–Kier alpha value is -3.22. The van der Waals surface area contributed by atoms with Crippen LogP contribution >= 0.6 is 0 Å². The molecule has 3 heterocycles. The quantitative estimate of drug-likeness (QED) is 0.717. The molecule has 0 radical (unpaired) electrons. The highest BCUT2D eigenvalue weighted by molar-refractivity contribution is 6.11. The molecule has 30 heavy (non-hydrogen) atoms. The number of fused-ring (bicyclic) bond motifs is 1. The Labute approximate surface area is 176 Å². The number of anilines is 1. The number of nitrogens with one attached hydrogen (secondary N) is 1. The largest absolute Gasteiger partial charge is 0.356 e. The first-order valence-electron chi connectivity index (χ1n) is 10.4. The second-order valence-corrected chi connectivity index (χ2v) is 7.86. The fraction of sp³-hybridized carbons (Fsp3) is 0.391. The summed E-state index contributed by atoms with van der Waals surface area (Å²) in [5.41, 5.74) is 3.00. The zero-order chi connectivity index (χ0) is 21.1. The molecule has 0 saturated carbocycles. The molecule has 2 aromatic rings. The number of pyridine rings is 1. The molecule has 0 aliphatic carbocycles. The van der Waals surface area contributed by atoms with Crippen LogP contribution in [0.15, 0.2) is 42.6 Å². The lowest BCUT2D eigenvalue weighted by Crippen LogP contribution is -2.34. The van der Waals surface area contributed by atoms with Crippen LogP contribution in [0, 0.1) is 6.92 Å². The van der Waals surface area contributed by atoms with E-state index in [1.165, 1.54) is 0 Å². The number of aryl methyl sites for hydroxylation is 1. The molecule has 156 valence electrons. The summed E-state index contributed by atoms with van der Waals surface area (Å²) < 4.78 is 0. The van der Waals surface area contributed by atoms with Crippen LogP contribution in [0.2, 0.25) is 0 Å². The van der Waals surface area contributed by atoms with Gasteiger partial charge in [-0.05, 0) is 49.6 Å². The lowest BCUT2D eigenvalue weighted by Gasteiger charge is -2.25. The standard InChI is InChI=1S/C23H26N4O3/c1-16-6-2-7-17(14-16)27-19(22-18(23(27)30)8-3-10-25-22)15-20(28)24-11-5-13-26-12-4-9-21(26)29/h2-3,6-8,10,14,19H,4-5,9,11-13,15H2,1H3,(H,24,28)/t19-/m1/s1. The van der Waals surface area contributed by atoms with Crippen molar-refractivity contribution in [1.82, 2.24) is 15.2 Å². The van der Waals surface area contributed by atoms with Gasteiger partial charge in [-0.3, -0.25) is 24.3 Å². The van der Waals surface area contributed by atoms with E-state index in [4.69, 9.17) is 0 Å². The van der Waals surface area contributed by atoms with Crippen molar-refractivity contribution < 1.29 is 14.4 Å². The number of amides is 3. The van der Waals surface area contributed by atoms with Crippen LogP contribution in [0.3, 0.4) is 0 Å². The molecule has 7 heteroatoms. The summed E-state index contributed by atoms with van der Waals surface area (Å²) in [5, 5.41) is 2.93. The monoisotopic (exact) mass is 406 g/mol. The first-order valence-corrected chi connectivity index (χ1v) is 10.4. The van der Waals surface area contributed by atoms with Crippen molar-refractivity contribution in [3.8, 4) is 0 Å². The second-order valence-electron chi connectivity index (χ2n) is 7.86. The summed E-state index contributed by atoms with van der Waals surface area (Å²) in [6.07, 6.45) is 4.07. The average Bonchev–Trinajstić information content (AvgIpc) is 3.26. The van der Waals surface area contributed by atoms with Crippen LogP contribution in [-0.4, -0.2) is 47.2 Å². The minimum Gasteiger partial charge on any atom is -0.356 e. The molecule has 3 amide bonds. The Morgan fingerprint density at radius 1 is 1.23 bits per heavy atom. The number of hydrogen-bond acceptors (Lipinski definition) is 4. The third-order valence-corrected chi connectivity index (χ3v) is 5.67. The summed E-state index contributed by atoms with van der Waals surface area (Å²) in [6.45, 7) is 3.96. The number of carbonyl (C=O) groups is 3. The first-order chi connectivity index (χ1) is 14.5. The molecule has 1 atom stereocenters. The highest BCUT2D eigenvalue weighted by Crippen LogP contribution is 2.38. The summed E-state index contributed by atoms with van der Waals surface area (Å²) in [4.78, 5) is 45.3. The van der Waals surface area contributed by atoms with Crippen molar-refractivity contribution >= 4 is 23.4 Å². The van der Waals surface area contributed by atoms with E-state index in [9.17, 15) is 14.4 Å². The Balaban J connectivity index is 1.43. The van der Waals surface area contributed by atoms with Crippen molar-refractivity contribution in [2.75, 3.05) is 24.5 Å². The lowest BCUT2D eigenvalue weighted by molar-refractivity contribution is -0.127. The molecule has 0 bridgehead atoms. The van der Waals surface area contributed by atoms with E-state index in [0.717, 1.165) is 30.6 Å². The Morgan fingerprint density at radius 3 is 2.87 bits per heavy atom. The van der Waals surface area contributed by atoms with Crippen molar-refractivity contribution in [3.63, 3.8) is 0 Å². The van der Waals surface area contributed by atoms with Crippen LogP contribution < -0.4 is 10.2 Å². The van der Waals surface area contributed by atoms with Gasteiger partial charge in [0.15, 0.2) is 0 Å². The average molecular weight is 406 g/mol. The topological polar surface area (TPSA) is 82.6 Å². The second kappa shape index (κ2) is 8.65. The van der Waals surface area contributed by atoms with Gasteiger partial charge >= 0.3 is 0 Å². The molecule has 0 spiro atoms. The summed E-state index contributed by atoms with van der Waals surface area (Å²) >= 11 is 0. The maximum atomic E-state index is 13.1. The third-order valence-electron chi connectivity index (χ3n) is 5.67. The van der Waals surface area contributed by atoms with Gasteiger partial charge in [0.25, 0.3) is 5.91 Å². The zero-order valence-electron chi connectivity index (χ0n) is 17.1. The van der Waals surface area contributed by atoms with Crippen molar-refractivity contribution in [2.24, 2.45) is 0 Å². The van der Waals surface area contributed by atoms with E-state index in [1.807, 2.05) is 36.1 Å². The molecule has 4 rings (SSSR count). The third kappa shape index (κ3) is 4.06. The lowest BCUT2D eigenvalue weighted by atomic mass is 10.1. The van der Waals surface area contributed by atoms with Gasteiger partial charge in [0.1, 0.15) is 0 Å². The van der Waals surface area contributed by atoms with E-state index in [1.54, 1.807) is 23.2 Å². The SMILES string of the molecule is Cc1cccc(N2C(=O)c3cccnc3[C@H]2CC(=O)NCCCN2CCCC2=O)c1. The molecular weight excluding hydrogens is 380 g/mol. The fourth-order valence-corrected chi connectivity index (χ4v) is 4.21. The fourth-order valence-electron chi connectivity index (χ4n) is 4.21. The summed E-state index contributed by atoms with van der Waals surface area (Å²) in [6, 6.07) is 10.8. The number of carbonyl (C=O) groups excluding carboxylic acids is 3. The minimum absolute atomic E-state index is 0.128. The molecule has 1 saturated heterocycles. The summed E-state index contributed by atoms with van der Waals surface area (Å²) in [7, 11) is 0. The smallest absolute Gasteiger partial charge is 0.260 e. The van der Waals surface area contributed by atoms with E-state index in [0.29, 0.717) is 30.8 Å². The normalized spacial score (nSPS) is 18.1. The van der Waals surface area contributed by atoms with Gasteiger partial charge in [-0.15, -0.1) is 0 Å². The molecule has 1 aromatic carbocycles. The molecule has 7 nitrogen and oxygen atoms in total. The number of benzene rings is 1. The zero-order valence-corrected chi connectivity index (χ0v) is 17.1. The molecule has 2 aliphatic heterocycles. The highest BCUT2D eigenvalue weighted by Gasteiger charge is 2.39. The minimum atomic E-state index is -0.435. The predicted molar refractivity (Wildman–Crippen MR) is 113 cm³/mol.